The molecular weight excluding hydrogens is 268 g/mol. The number of amides is 1. The molecule has 0 saturated heterocycles. The largest absolute Gasteiger partial charge is 0.391 e. The first kappa shape index (κ1) is 12.6. The van der Waals surface area contributed by atoms with Gasteiger partial charge >= 0.3 is 0 Å². The average molecular weight is 286 g/mol. The molecule has 0 radical (unpaired) electrons. The highest BCUT2D eigenvalue weighted by Crippen LogP contribution is 2.41. The minimum Gasteiger partial charge on any atom is -0.391 e. The van der Waals surface area contributed by atoms with Crippen LogP contribution in [0.5, 0.6) is 0 Å². The first-order valence-corrected chi connectivity index (χ1v) is 7.39. The van der Waals surface area contributed by atoms with Crippen LogP contribution in [0.4, 0.5) is 0 Å². The molecule has 3 N–H and O–H groups in total. The molecule has 0 bridgehead atoms. The van der Waals surface area contributed by atoms with Gasteiger partial charge in [-0.2, -0.15) is 5.10 Å². The zero-order valence-corrected chi connectivity index (χ0v) is 11.6. The van der Waals surface area contributed by atoms with Gasteiger partial charge in [0, 0.05) is 18.6 Å². The van der Waals surface area contributed by atoms with Crippen molar-refractivity contribution in [1.29, 1.82) is 0 Å². The lowest BCUT2D eigenvalue weighted by molar-refractivity contribution is -0.00595. The van der Waals surface area contributed by atoms with Crippen molar-refractivity contribution >= 4 is 5.91 Å². The topological polar surface area (TPSA) is 82.9 Å². The molecule has 110 valence electrons. The molecule has 3 atom stereocenters. The number of nitrogens with one attached hydrogen (secondary N) is 2. The Kier molecular flexibility index (Phi) is 2.85. The van der Waals surface area contributed by atoms with Gasteiger partial charge in [-0.25, -0.2) is 0 Å². The number of aromatic amines is 1. The van der Waals surface area contributed by atoms with Gasteiger partial charge in [0.1, 0.15) is 5.69 Å². The molecule has 2 aromatic rings. The van der Waals surface area contributed by atoms with Gasteiger partial charge in [0.2, 0.25) is 0 Å². The molecule has 6 heteroatoms. The lowest BCUT2D eigenvalue weighted by Gasteiger charge is -2.41. The zero-order chi connectivity index (χ0) is 14.4. The zero-order valence-electron chi connectivity index (χ0n) is 11.6. The van der Waals surface area contributed by atoms with Crippen LogP contribution < -0.4 is 5.32 Å². The Morgan fingerprint density at radius 2 is 2.33 bits per heavy atom. The number of carbonyl (C=O) groups excluding carboxylic acids is 1. The molecular formula is C15H18N4O2. The molecule has 6 nitrogen and oxygen atoms in total. The number of aromatic nitrogens is 3. The maximum Gasteiger partial charge on any atom is 0.268 e. The quantitative estimate of drug-likeness (QED) is 0.789. The third-order valence-corrected chi connectivity index (χ3v) is 4.47. The molecule has 0 aromatic carbocycles. The maximum absolute atomic E-state index is 12.4. The normalized spacial score (nSPS) is 28.1. The van der Waals surface area contributed by atoms with Crippen molar-refractivity contribution in [3.8, 4) is 0 Å². The van der Waals surface area contributed by atoms with E-state index in [2.05, 4.69) is 15.4 Å². The second-order valence-corrected chi connectivity index (χ2v) is 5.94. The number of hydrogen-bond donors (Lipinski definition) is 3. The van der Waals surface area contributed by atoms with E-state index >= 15 is 0 Å². The van der Waals surface area contributed by atoms with E-state index in [0.29, 0.717) is 18.0 Å². The summed E-state index contributed by atoms with van der Waals surface area (Å²) < 4.78 is 1.72. The van der Waals surface area contributed by atoms with E-state index in [1.165, 1.54) is 0 Å². The smallest absolute Gasteiger partial charge is 0.268 e. The van der Waals surface area contributed by atoms with E-state index in [0.717, 1.165) is 18.4 Å². The summed E-state index contributed by atoms with van der Waals surface area (Å²) in [6, 6.07) is 3.55. The molecule has 2 fully saturated rings. The highest BCUT2D eigenvalue weighted by atomic mass is 16.3. The summed E-state index contributed by atoms with van der Waals surface area (Å²) in [4.78, 5) is 15.5. The van der Waals surface area contributed by atoms with Crippen LogP contribution in [-0.2, 0) is 0 Å². The Bertz CT molecular complexity index is 644. The number of nitrogens with zero attached hydrogens (tertiary/aromatic N) is 2. The molecule has 1 amide bonds. The summed E-state index contributed by atoms with van der Waals surface area (Å²) in [7, 11) is 0. The highest BCUT2D eigenvalue weighted by Gasteiger charge is 2.43. The van der Waals surface area contributed by atoms with Crippen molar-refractivity contribution in [3.05, 3.63) is 42.0 Å². The van der Waals surface area contributed by atoms with Crippen LogP contribution in [0.1, 0.15) is 47.3 Å². The van der Waals surface area contributed by atoms with Gasteiger partial charge in [0.25, 0.3) is 5.91 Å². The fraction of sp³-hybridized carbons (Fsp3) is 0.467. The Hall–Kier alpha value is -2.08. The maximum atomic E-state index is 12.4. The van der Waals surface area contributed by atoms with E-state index in [4.69, 9.17) is 0 Å². The lowest BCUT2D eigenvalue weighted by atomic mass is 9.83. The summed E-state index contributed by atoms with van der Waals surface area (Å²) >= 11 is 0. The number of H-pyrrole nitrogens is 1. The second-order valence-electron chi connectivity index (χ2n) is 5.94. The summed E-state index contributed by atoms with van der Waals surface area (Å²) in [5, 5.41) is 17.1. The van der Waals surface area contributed by atoms with Gasteiger partial charge in [-0.15, -0.1) is 0 Å². The standard InChI is InChI=1S/C15H18N4O2/c20-12-8-11(14(12)19-7-1-5-17-19)18-15(21)13-10(4-6-16-13)9-2-3-9/h1,4-7,9,11-12,14,16,20H,2-3,8H2,(H,18,21)/t11-,12+,14+/m0/s1. The van der Waals surface area contributed by atoms with E-state index in [1.807, 2.05) is 24.5 Å². The molecule has 2 saturated carbocycles. The Labute approximate surface area is 122 Å². The van der Waals surface area contributed by atoms with E-state index in [1.54, 1.807) is 10.9 Å². The molecule has 4 rings (SSSR count). The van der Waals surface area contributed by atoms with Crippen LogP contribution in [0.15, 0.2) is 30.7 Å². The fourth-order valence-electron chi connectivity index (χ4n) is 3.13. The third-order valence-electron chi connectivity index (χ3n) is 4.47. The molecule has 0 spiro atoms. The van der Waals surface area contributed by atoms with Crippen molar-refractivity contribution in [3.63, 3.8) is 0 Å². The molecule has 0 aliphatic heterocycles. The summed E-state index contributed by atoms with van der Waals surface area (Å²) in [5.74, 6) is 0.446. The van der Waals surface area contributed by atoms with Crippen LogP contribution in [0.2, 0.25) is 0 Å². The van der Waals surface area contributed by atoms with Crippen molar-refractivity contribution in [2.24, 2.45) is 0 Å². The molecule has 0 unspecified atom stereocenters. The molecule has 21 heavy (non-hydrogen) atoms. The summed E-state index contributed by atoms with van der Waals surface area (Å²) in [5.41, 5.74) is 1.78. The van der Waals surface area contributed by atoms with Crippen molar-refractivity contribution in [2.75, 3.05) is 0 Å². The van der Waals surface area contributed by atoms with Crippen LogP contribution in [0, 0.1) is 0 Å². The first-order chi connectivity index (χ1) is 10.2. The average Bonchev–Trinajstić information content (AvgIpc) is 2.97. The Morgan fingerprint density at radius 1 is 1.48 bits per heavy atom. The van der Waals surface area contributed by atoms with Gasteiger partial charge in [0.05, 0.1) is 18.2 Å². The number of carbonyl (C=O) groups is 1. The summed E-state index contributed by atoms with van der Waals surface area (Å²) in [6.07, 6.45) is 7.75. The first-order valence-electron chi connectivity index (χ1n) is 7.39. The molecule has 2 aliphatic carbocycles. The Morgan fingerprint density at radius 3 is 3.00 bits per heavy atom. The van der Waals surface area contributed by atoms with Crippen LogP contribution >= 0.6 is 0 Å². The van der Waals surface area contributed by atoms with Gasteiger partial charge in [-0.1, -0.05) is 0 Å². The SMILES string of the molecule is O=C(N[C@H]1C[C@@H](O)[C@@H]1n1cccn1)c1[nH]ccc1C1CC1. The minimum atomic E-state index is -0.457. The van der Waals surface area contributed by atoms with Gasteiger partial charge in [-0.05, 0) is 42.9 Å². The molecule has 2 aromatic heterocycles. The number of rotatable bonds is 4. The van der Waals surface area contributed by atoms with E-state index in [-0.39, 0.29) is 18.0 Å². The number of aliphatic hydroxyl groups is 1. The van der Waals surface area contributed by atoms with Crippen LogP contribution in [0.3, 0.4) is 0 Å². The van der Waals surface area contributed by atoms with Crippen LogP contribution in [-0.4, -0.2) is 37.9 Å². The van der Waals surface area contributed by atoms with Crippen molar-refractivity contribution in [1.82, 2.24) is 20.1 Å². The lowest BCUT2D eigenvalue weighted by Crippen LogP contribution is -2.56. The van der Waals surface area contributed by atoms with Crippen molar-refractivity contribution in [2.45, 2.75) is 43.4 Å². The van der Waals surface area contributed by atoms with Gasteiger partial charge in [0.15, 0.2) is 0 Å². The Balaban J connectivity index is 1.48. The van der Waals surface area contributed by atoms with Gasteiger partial charge < -0.3 is 15.4 Å². The fourth-order valence-corrected chi connectivity index (χ4v) is 3.13. The summed E-state index contributed by atoms with van der Waals surface area (Å²) in [6.45, 7) is 0. The van der Waals surface area contributed by atoms with E-state index in [9.17, 15) is 9.90 Å². The number of aliphatic hydroxyl groups excluding tert-OH is 1. The highest BCUT2D eigenvalue weighted by molar-refractivity contribution is 5.94. The van der Waals surface area contributed by atoms with Crippen LogP contribution in [0.25, 0.3) is 0 Å². The molecule has 2 aliphatic rings. The monoisotopic (exact) mass is 286 g/mol. The molecule has 2 heterocycles. The minimum absolute atomic E-state index is 0.0808. The van der Waals surface area contributed by atoms with Crippen molar-refractivity contribution < 1.29 is 9.90 Å². The predicted molar refractivity (Wildman–Crippen MR) is 75.9 cm³/mol. The second kappa shape index (κ2) is 4.73. The van der Waals surface area contributed by atoms with E-state index < -0.39 is 6.10 Å². The number of hydrogen-bond acceptors (Lipinski definition) is 3. The predicted octanol–water partition coefficient (Wildman–Crippen LogP) is 1.19. The van der Waals surface area contributed by atoms with Gasteiger partial charge in [-0.3, -0.25) is 9.48 Å². The third kappa shape index (κ3) is 2.15.